The van der Waals surface area contributed by atoms with Crippen LogP contribution in [0.15, 0.2) is 152 Å². The zero-order valence-electron chi connectivity index (χ0n) is 66.7. The first kappa shape index (κ1) is 86.2. The van der Waals surface area contributed by atoms with Gasteiger partial charge in [0.1, 0.15) is 52.0 Å². The van der Waals surface area contributed by atoms with Gasteiger partial charge in [0.15, 0.2) is 64.0 Å². The molecule has 7 aromatic carbocycles. The van der Waals surface area contributed by atoms with Crippen molar-refractivity contribution < 1.29 is 103 Å². The predicted molar refractivity (Wildman–Crippen MR) is 432 cm³/mol. The average molecular weight is 1770 g/mol. The molecule has 6 heterocycles. The Bertz CT molecular complexity index is 6040. The highest BCUT2D eigenvalue weighted by Crippen LogP contribution is 2.52. The normalized spacial score (nSPS) is 24.2. The van der Waals surface area contributed by atoms with E-state index in [2.05, 4.69) is 31.2 Å². The molecule has 5 unspecified atom stereocenters. The van der Waals surface area contributed by atoms with Gasteiger partial charge in [-0.3, -0.25) is 24.0 Å². The molecule has 0 radical (unpaired) electrons. The summed E-state index contributed by atoms with van der Waals surface area (Å²) in [5.74, 6) is -15.3. The van der Waals surface area contributed by atoms with E-state index in [4.69, 9.17) is 9.47 Å². The number of sulfone groups is 3. The fourth-order valence-corrected chi connectivity index (χ4v) is 25.2. The second kappa shape index (κ2) is 34.7. The summed E-state index contributed by atoms with van der Waals surface area (Å²) in [6.07, 6.45) is 4.59. The van der Waals surface area contributed by atoms with Crippen molar-refractivity contribution in [1.29, 1.82) is 0 Å². The zero-order valence-corrected chi connectivity index (χ0v) is 69.2. The zero-order chi connectivity index (χ0) is 87.7. The number of nitrogens with zero attached hydrogens (tertiary/aromatic N) is 6. The van der Waals surface area contributed by atoms with Crippen LogP contribution in [0.4, 0.5) is 39.5 Å². The number of hydrogen-bond acceptors (Lipinski definition) is 17. The minimum absolute atomic E-state index is 0.0604. The lowest BCUT2D eigenvalue weighted by atomic mass is 9.84. The molecule has 0 spiro atoms. The first-order valence-corrected chi connectivity index (χ1v) is 46.2. The van der Waals surface area contributed by atoms with Crippen LogP contribution in [0.3, 0.4) is 0 Å². The van der Waals surface area contributed by atoms with Gasteiger partial charge in [0.25, 0.3) is 17.7 Å². The van der Waals surface area contributed by atoms with Crippen LogP contribution in [-0.4, -0.2) is 138 Å². The number of carbonyl (C=O) groups excluding carboxylic acids is 5. The molecule has 4 N–H and O–H groups in total. The van der Waals surface area contributed by atoms with Gasteiger partial charge in [-0.2, -0.15) is 15.3 Å². The second-order valence-electron chi connectivity index (χ2n) is 33.1. The highest BCUT2D eigenvalue weighted by Gasteiger charge is 2.55. The number of esters is 2. The molecule has 3 aromatic heterocycles. The van der Waals surface area contributed by atoms with Crippen molar-refractivity contribution >= 4 is 59.2 Å². The van der Waals surface area contributed by atoms with E-state index in [1.165, 1.54) is 82.2 Å². The fourth-order valence-electron chi connectivity index (χ4n) is 20.0. The maximum absolute atomic E-state index is 15.1. The molecule has 8 aliphatic rings. The largest absolute Gasteiger partial charge is 0.466 e. The van der Waals surface area contributed by atoms with Gasteiger partial charge in [-0.1, -0.05) is 60.7 Å². The minimum Gasteiger partial charge on any atom is -0.466 e. The Morgan fingerprint density at radius 1 is 0.419 bits per heavy atom. The average Bonchev–Trinajstić information content (AvgIpc) is 1.59. The Morgan fingerprint density at radius 2 is 0.750 bits per heavy atom. The van der Waals surface area contributed by atoms with E-state index in [1.54, 1.807) is 44.2 Å². The summed E-state index contributed by atoms with van der Waals surface area (Å²) in [6, 6.07) is 31.3. The molecule has 0 saturated heterocycles. The number of hydrogen-bond donors (Lipinski definition) is 4. The van der Waals surface area contributed by atoms with Crippen LogP contribution in [0.25, 0.3) is 17.1 Å². The molecule has 13 atom stereocenters. The Hall–Kier alpha value is -11.3. The molecule has 23 nitrogen and oxygen atoms in total. The first-order valence-electron chi connectivity index (χ1n) is 40.8. The lowest BCUT2D eigenvalue weighted by Gasteiger charge is -2.30. The van der Waals surface area contributed by atoms with Gasteiger partial charge in [0.05, 0.1) is 88.8 Å². The van der Waals surface area contributed by atoms with Crippen LogP contribution in [0.2, 0.25) is 0 Å². The van der Waals surface area contributed by atoms with Crippen molar-refractivity contribution in [3.8, 4) is 17.1 Å². The Labute approximate surface area is 706 Å². The lowest BCUT2D eigenvalue weighted by molar-refractivity contribution is -0.151. The summed E-state index contributed by atoms with van der Waals surface area (Å²) in [6.45, 7) is 3.85. The van der Waals surface area contributed by atoms with E-state index < -0.39 is 171 Å². The maximum Gasteiger partial charge on any atom is 0.311 e. The van der Waals surface area contributed by atoms with Crippen molar-refractivity contribution in [3.05, 3.63) is 283 Å². The van der Waals surface area contributed by atoms with Crippen molar-refractivity contribution in [2.75, 3.05) is 30.5 Å². The van der Waals surface area contributed by atoms with E-state index in [0.717, 1.165) is 72.5 Å². The van der Waals surface area contributed by atoms with Gasteiger partial charge in [0, 0.05) is 71.1 Å². The molecule has 4 fully saturated rings. The number of rotatable bonds is 19. The number of carbonyl (C=O) groups is 5. The summed E-state index contributed by atoms with van der Waals surface area (Å²) < 4.78 is 221. The quantitative estimate of drug-likeness (QED) is 0.0432. The van der Waals surface area contributed by atoms with Gasteiger partial charge >= 0.3 is 11.9 Å². The number of halogens is 9. The van der Waals surface area contributed by atoms with Crippen molar-refractivity contribution in [3.63, 3.8) is 0 Å². The van der Waals surface area contributed by atoms with E-state index >= 15 is 13.2 Å². The first-order chi connectivity index (χ1) is 59.2. The van der Waals surface area contributed by atoms with Crippen molar-refractivity contribution in [2.24, 2.45) is 35.5 Å². The summed E-state index contributed by atoms with van der Waals surface area (Å²) in [7, 11) is -11.2. The van der Waals surface area contributed by atoms with Crippen molar-refractivity contribution in [1.82, 2.24) is 45.3 Å². The molecular weight excluding hydrogens is 1690 g/mol. The molecule has 5 aliphatic carbocycles. The highest BCUT2D eigenvalue weighted by atomic mass is 32.2. The van der Waals surface area contributed by atoms with Crippen LogP contribution >= 0.6 is 0 Å². The van der Waals surface area contributed by atoms with Gasteiger partial charge in [-0.15, -0.1) is 0 Å². The van der Waals surface area contributed by atoms with E-state index in [1.807, 2.05) is 12.1 Å². The summed E-state index contributed by atoms with van der Waals surface area (Å²) in [5.41, 5.74) is 3.22. The second-order valence-corrected chi connectivity index (χ2v) is 39.4. The third-order valence-corrected chi connectivity index (χ3v) is 29.8. The lowest BCUT2D eigenvalue weighted by Crippen LogP contribution is -2.47. The van der Waals surface area contributed by atoms with E-state index in [0.29, 0.717) is 52.7 Å². The fraction of sp³-hybridized carbons (Fsp3) is 0.371. The van der Waals surface area contributed by atoms with Gasteiger partial charge < -0.3 is 30.5 Å². The van der Waals surface area contributed by atoms with Gasteiger partial charge in [-0.25, -0.2) is 78.8 Å². The third kappa shape index (κ3) is 17.7. The molecule has 4 bridgehead atoms. The molecule has 650 valence electrons. The number of fused-ring (bicyclic) bond motifs is 8. The van der Waals surface area contributed by atoms with Crippen LogP contribution in [0.1, 0.15) is 169 Å². The summed E-state index contributed by atoms with van der Waals surface area (Å²) >= 11 is 0. The maximum atomic E-state index is 15.1. The van der Waals surface area contributed by atoms with Crippen LogP contribution in [0, 0.1) is 87.9 Å². The van der Waals surface area contributed by atoms with Crippen LogP contribution in [-0.2, 0) is 91.5 Å². The predicted octanol–water partition coefficient (Wildman–Crippen LogP) is 12.4. The van der Waals surface area contributed by atoms with E-state index in [-0.39, 0.29) is 142 Å². The van der Waals surface area contributed by atoms with E-state index in [9.17, 15) is 80.7 Å². The Morgan fingerprint density at radius 3 is 1.09 bits per heavy atom. The minimum atomic E-state index is -3.74. The summed E-state index contributed by atoms with van der Waals surface area (Å²) in [4.78, 5) is 66.9. The molecule has 124 heavy (non-hydrogen) atoms. The Balaban J connectivity index is 0.000000138. The van der Waals surface area contributed by atoms with Crippen LogP contribution in [0.5, 0.6) is 0 Å². The monoisotopic (exact) mass is 1770 g/mol. The molecule has 35 heteroatoms. The SMILES string of the molecule is CCOC(=O)[C@@H]1C2CCC(C2)[C@@H]1NC(=O)c1nn(-c2ccc(F)cc2F)c2c1CS(=O)(=O)C[C@@H]2Cc1cccc(F)c1.CCOC(=O)[C@@H]1C2CCC(C2)[C@@H]1NC(=O)c1nn(-c2ccc(F)cc2F)c2c1CS(=O)(=O)C[C@H]2Cc1cccc(F)c1.O=C(N[C@@H]1c2ccccc2C[C@@H]1O)c1nn(-c2ccc(F)cc2F)c2c1CS(=O)(=O)CC2Cc1cccc(F)c1. The molecule has 3 amide bonds. The molecule has 3 aliphatic heterocycles. The number of nitrogens with one attached hydrogen (secondary N) is 3. The number of aliphatic hydroxyl groups excluding tert-OH is 1. The number of aromatic nitrogens is 6. The van der Waals surface area contributed by atoms with Crippen LogP contribution < -0.4 is 16.0 Å². The Kier molecular flexibility index (Phi) is 24.1. The van der Waals surface area contributed by atoms with Crippen molar-refractivity contribution in [2.45, 2.75) is 137 Å². The van der Waals surface area contributed by atoms with Gasteiger partial charge in [-0.05, 0) is 196 Å². The summed E-state index contributed by atoms with van der Waals surface area (Å²) in [5, 5.41) is 32.5. The third-order valence-electron chi connectivity index (χ3n) is 24.9. The number of amides is 3. The number of benzene rings is 7. The molecule has 10 aromatic rings. The smallest absolute Gasteiger partial charge is 0.311 e. The topological polar surface area (TPSA) is 316 Å². The molecular formula is C89H84F9N9O14S3. The standard InChI is InChI=1S/2C30H30F3N3O5S.C29H24F3N3O4S/c2*1-2-41-30(38)25-17-6-7-18(12-17)26(25)34-29(37)27-22-15-42(39,40)14-19(10-16-4-3-5-20(31)11-16)28(22)36(35-27)24-9-8-21(32)13-23(24)33;30-19-6-3-4-16(11-19)10-18-14-40(38,39)15-22-27(34-35(28(18)22)24-9-8-20(31)13-23(24)32)29(37)33-26-21-7-2-1-5-17(21)12-25(26)36/h2*3-5,8-9,11,13,17-19,25-26H,2,6-7,10,12,14-15H2,1H3,(H,34,37);1-9,11,13,18,25-26,36H,10,12,14-15H2,(H,33,37)/t17?,18?,19-,25+,26-;17?,18?,19-,25-,26+;18?,25-,26+/m010/s1. The highest BCUT2D eigenvalue weighted by molar-refractivity contribution is 7.91. The number of aliphatic hydroxyl groups is 1. The molecule has 18 rings (SSSR count). The van der Waals surface area contributed by atoms with Gasteiger partial charge in [0.2, 0.25) is 0 Å². The molecule has 4 saturated carbocycles. The number of ether oxygens (including phenoxy) is 2.